The Morgan fingerprint density at radius 2 is 1.69 bits per heavy atom. The number of carbonyl (C=O) groups is 4. The monoisotopic (exact) mass is 995 g/mol. The van der Waals surface area contributed by atoms with Crippen molar-refractivity contribution in [3.8, 4) is 5.75 Å². The molecule has 3 fully saturated rings. The number of piperidine rings is 1. The molecule has 6 aliphatic rings. The molecule has 1 aromatic heterocycles. The number of halogens is 1. The molecule has 3 N–H and O–H groups in total. The first-order valence-electron chi connectivity index (χ1n) is 24.5. The fourth-order valence-corrected chi connectivity index (χ4v) is 15.3. The van der Waals surface area contributed by atoms with Crippen molar-refractivity contribution in [3.63, 3.8) is 0 Å². The number of anilines is 1. The Labute approximate surface area is 413 Å². The molecule has 378 valence electrons. The van der Waals surface area contributed by atoms with Crippen LogP contribution in [0.5, 0.6) is 5.75 Å². The highest BCUT2D eigenvalue weighted by molar-refractivity contribution is 7.86. The van der Waals surface area contributed by atoms with E-state index in [9.17, 15) is 31.8 Å². The Kier molecular flexibility index (Phi) is 11.8. The lowest BCUT2D eigenvalue weighted by Crippen LogP contribution is -2.81. The van der Waals surface area contributed by atoms with Gasteiger partial charge in [0.05, 0.1) is 37.8 Å². The first-order chi connectivity index (χ1) is 33.8. The second-order valence-electron chi connectivity index (χ2n) is 20.7. The highest BCUT2D eigenvalue weighted by Crippen LogP contribution is 2.68. The summed E-state index contributed by atoms with van der Waals surface area (Å²) in [5.74, 6) is -2.59. The smallest absolute Gasteiger partial charge is 0.344 e. The number of hydrogen-bond donors (Lipinski definition) is 3. The maximum Gasteiger partial charge on any atom is 0.344 e. The van der Waals surface area contributed by atoms with Gasteiger partial charge in [-0.3, -0.25) is 19.3 Å². The number of H-pyrrole nitrogens is 1. The van der Waals surface area contributed by atoms with Gasteiger partial charge in [0.1, 0.15) is 11.2 Å². The molecule has 6 heterocycles. The summed E-state index contributed by atoms with van der Waals surface area (Å²) in [4.78, 5) is 67.3. The number of benzene rings is 3. The summed E-state index contributed by atoms with van der Waals surface area (Å²) in [6, 6.07) is 15.4. The van der Waals surface area contributed by atoms with Crippen LogP contribution in [0.3, 0.4) is 0 Å². The summed E-state index contributed by atoms with van der Waals surface area (Å²) in [7, 11) is 0.894. The molecule has 2 saturated heterocycles. The van der Waals surface area contributed by atoms with E-state index in [4.69, 9.17) is 18.9 Å². The zero-order valence-electron chi connectivity index (χ0n) is 41.2. The van der Waals surface area contributed by atoms with Crippen molar-refractivity contribution in [2.75, 3.05) is 66.0 Å². The van der Waals surface area contributed by atoms with E-state index in [2.05, 4.69) is 20.1 Å². The largest absolute Gasteiger partial charge is 0.496 e. The van der Waals surface area contributed by atoms with E-state index in [-0.39, 0.29) is 23.9 Å². The number of aromatic amines is 1. The van der Waals surface area contributed by atoms with E-state index in [0.717, 1.165) is 34.2 Å². The van der Waals surface area contributed by atoms with Crippen LogP contribution in [-0.2, 0) is 56.1 Å². The number of ether oxygens (including phenoxy) is 4. The summed E-state index contributed by atoms with van der Waals surface area (Å²) >= 11 is 0. The normalized spacial score (nSPS) is 32.8. The Hall–Kier alpha value is -5.82. The maximum absolute atomic E-state index is 15.7. The van der Waals surface area contributed by atoms with Gasteiger partial charge in [-0.2, -0.15) is 8.42 Å². The minimum atomic E-state index is -5.08. The number of nitrogens with zero attached hydrogens (tertiary/aromatic N) is 3. The van der Waals surface area contributed by atoms with Gasteiger partial charge in [-0.15, -0.1) is 3.89 Å². The number of amides is 1. The van der Waals surface area contributed by atoms with E-state index in [0.29, 0.717) is 87.5 Å². The molecule has 1 saturated carbocycles. The molecule has 5 aliphatic heterocycles. The fraction of sp³-hybridized carbons (Fsp3) is 0.509. The van der Waals surface area contributed by atoms with Crippen LogP contribution < -0.4 is 15.0 Å². The molecular formula is C53H62FN5O11S. The van der Waals surface area contributed by atoms with Crippen LogP contribution in [0, 0.1) is 11.3 Å². The minimum Gasteiger partial charge on any atom is -0.496 e. The molecule has 1 spiro atoms. The molecule has 10 rings (SSSR count). The molecule has 10 atom stereocenters. The first-order valence-corrected chi connectivity index (χ1v) is 25.8. The Balaban J connectivity index is 1.20. The molecule has 18 heteroatoms. The molecular weight excluding hydrogens is 934 g/mol. The van der Waals surface area contributed by atoms with Gasteiger partial charge in [0.2, 0.25) is 5.60 Å². The van der Waals surface area contributed by atoms with E-state index in [1.54, 1.807) is 7.11 Å². The standard InChI is InChI=1S/C53H62FN5O11S/c1-8-49(56-43(61)33-14-12-15-34(24-33)71(54,65)66)27-32-28-52(47(62)68-6,42-36(18-22-58(29-32)30-49)35-16-10-11-17-39(35)55-42)38-25-37-40(26-41(38)67-5)57(4)45-51(37)20-23-59-21-13-19-50(9-2,44(51)59)46(70-31(3)60)53(45,64)48(63)69-7/h10-17,19,24-26,32,44-46,55,64H,8-9,18,20-23,27-30H2,1-7H3,(H,56,61)/t32-,44+,45-,46-,49+,50-,51-,52+,53+/m1/s1. The topological polar surface area (TPSA) is 197 Å². The van der Waals surface area contributed by atoms with E-state index in [1.807, 2.05) is 74.3 Å². The Bertz CT molecular complexity index is 3020. The number of fused-ring (bicyclic) bond motifs is 6. The molecule has 2 bridgehead atoms. The second-order valence-corrected chi connectivity index (χ2v) is 22.0. The average molecular weight is 996 g/mol. The van der Waals surface area contributed by atoms with Crippen molar-refractivity contribution in [2.24, 2.45) is 11.3 Å². The van der Waals surface area contributed by atoms with Crippen molar-refractivity contribution < 1.29 is 55.5 Å². The first kappa shape index (κ1) is 48.8. The summed E-state index contributed by atoms with van der Waals surface area (Å²) < 4.78 is 62.1. The lowest BCUT2D eigenvalue weighted by Gasteiger charge is -2.63. The van der Waals surface area contributed by atoms with Gasteiger partial charge in [-0.25, -0.2) is 4.79 Å². The number of para-hydroxylation sites is 1. The number of rotatable bonds is 10. The number of hydrogen-bond acceptors (Lipinski definition) is 14. The second kappa shape index (κ2) is 17.2. The van der Waals surface area contributed by atoms with Crippen LogP contribution in [0.1, 0.15) is 85.6 Å². The van der Waals surface area contributed by atoms with Gasteiger partial charge in [0.25, 0.3) is 5.91 Å². The third-order valence-corrected chi connectivity index (χ3v) is 18.2. The van der Waals surface area contributed by atoms with Crippen LogP contribution in [0.2, 0.25) is 0 Å². The van der Waals surface area contributed by atoms with E-state index in [1.165, 1.54) is 33.3 Å². The quantitative estimate of drug-likeness (QED) is 0.0823. The van der Waals surface area contributed by atoms with Gasteiger partial charge in [-0.05, 0) is 92.4 Å². The highest BCUT2D eigenvalue weighted by atomic mass is 32.3. The van der Waals surface area contributed by atoms with E-state index >= 15 is 4.79 Å². The zero-order chi connectivity index (χ0) is 50.6. The zero-order valence-corrected chi connectivity index (χ0v) is 42.0. The van der Waals surface area contributed by atoms with Crippen LogP contribution >= 0.6 is 0 Å². The number of methoxy groups -OCH3 is 3. The average Bonchev–Trinajstić information content (AvgIpc) is 4.02. The summed E-state index contributed by atoms with van der Waals surface area (Å²) in [6.07, 6.45) is 5.18. The number of aliphatic hydroxyl groups is 1. The van der Waals surface area contributed by atoms with Crippen LogP contribution in [0.4, 0.5) is 9.57 Å². The van der Waals surface area contributed by atoms with Gasteiger partial charge >= 0.3 is 28.1 Å². The van der Waals surface area contributed by atoms with Crippen molar-refractivity contribution in [1.29, 1.82) is 0 Å². The van der Waals surface area contributed by atoms with Crippen molar-refractivity contribution in [2.45, 2.75) is 104 Å². The van der Waals surface area contributed by atoms with Gasteiger partial charge < -0.3 is 44.2 Å². The molecule has 71 heavy (non-hydrogen) atoms. The predicted molar refractivity (Wildman–Crippen MR) is 260 cm³/mol. The SMILES string of the molecule is CC[C@]1(NC(=O)c2cccc(S(=O)(=O)F)c2)C[C@H]2CN(CCc3c([nH]c4ccccc34)[C@@](C(=O)OC)(c3cc4c(cc3OC)N(C)[C@H]3[C@@](O)(C(=O)OC)[C@H](OC(C)=O)[C@]5(CC)C=CCN6CC[C@]43[C@@H]65)C2)C1. The fourth-order valence-electron chi connectivity index (χ4n) is 14.8. The Morgan fingerprint density at radius 1 is 0.930 bits per heavy atom. The molecule has 16 nitrogen and oxygen atoms in total. The molecule has 1 unspecified atom stereocenters. The number of aromatic nitrogens is 1. The van der Waals surface area contributed by atoms with Crippen LogP contribution in [0.15, 0.2) is 77.7 Å². The highest BCUT2D eigenvalue weighted by Gasteiger charge is 2.80. The molecule has 1 amide bonds. The van der Waals surface area contributed by atoms with Gasteiger partial charge in [0.15, 0.2) is 6.10 Å². The van der Waals surface area contributed by atoms with E-state index < -0.39 is 78.5 Å². The summed E-state index contributed by atoms with van der Waals surface area (Å²) in [6.45, 7) is 8.00. The van der Waals surface area contributed by atoms with Gasteiger partial charge in [0, 0.05) is 96.5 Å². The number of esters is 3. The molecule has 1 aliphatic carbocycles. The van der Waals surface area contributed by atoms with Crippen molar-refractivity contribution in [3.05, 3.63) is 101 Å². The van der Waals surface area contributed by atoms with Gasteiger partial charge in [-0.1, -0.05) is 50.3 Å². The number of likely N-dealkylation sites (N-methyl/N-ethyl adjacent to an activating group) is 1. The number of nitrogens with one attached hydrogen (secondary N) is 2. The molecule has 3 aromatic carbocycles. The number of carbonyl (C=O) groups excluding carboxylic acids is 4. The molecule has 4 aromatic rings. The summed E-state index contributed by atoms with van der Waals surface area (Å²) in [5, 5.41) is 17.7. The summed E-state index contributed by atoms with van der Waals surface area (Å²) in [5.41, 5.74) is -2.53. The van der Waals surface area contributed by atoms with Crippen LogP contribution in [0.25, 0.3) is 10.9 Å². The van der Waals surface area contributed by atoms with Crippen molar-refractivity contribution in [1.82, 2.24) is 20.1 Å². The Morgan fingerprint density at radius 3 is 2.38 bits per heavy atom. The lowest BCUT2D eigenvalue weighted by molar-refractivity contribution is -0.228. The third kappa shape index (κ3) is 6.93. The van der Waals surface area contributed by atoms with Crippen molar-refractivity contribution >= 4 is 50.6 Å². The lowest BCUT2D eigenvalue weighted by atomic mass is 9.47. The predicted octanol–water partition coefficient (Wildman–Crippen LogP) is 5.09. The van der Waals surface area contributed by atoms with Crippen LogP contribution in [-0.4, -0.2) is 143 Å². The molecule has 0 radical (unpaired) electrons. The third-order valence-electron chi connectivity index (χ3n) is 17.4. The maximum atomic E-state index is 15.7. The minimum absolute atomic E-state index is 0.00237.